The van der Waals surface area contributed by atoms with Crippen molar-refractivity contribution in [1.82, 2.24) is 25.1 Å². The van der Waals surface area contributed by atoms with Gasteiger partial charge in [0.25, 0.3) is 5.91 Å². The van der Waals surface area contributed by atoms with Gasteiger partial charge in [0.1, 0.15) is 12.3 Å². The Labute approximate surface area is 167 Å². The summed E-state index contributed by atoms with van der Waals surface area (Å²) >= 11 is 0. The summed E-state index contributed by atoms with van der Waals surface area (Å²) in [6, 6.07) is 9.24. The minimum atomic E-state index is -0.170. The molecular formula is C21H21N5O3. The highest BCUT2D eigenvalue weighted by Crippen LogP contribution is 2.25. The number of rotatable bonds is 8. The Kier molecular flexibility index (Phi) is 5.62. The van der Waals surface area contributed by atoms with Crippen LogP contribution < -0.4 is 5.32 Å². The van der Waals surface area contributed by atoms with Crippen molar-refractivity contribution >= 4 is 16.9 Å². The van der Waals surface area contributed by atoms with Gasteiger partial charge in [-0.2, -0.15) is 5.10 Å². The Morgan fingerprint density at radius 2 is 2.21 bits per heavy atom. The number of methoxy groups -OCH3 is 1. The van der Waals surface area contributed by atoms with E-state index in [9.17, 15) is 4.79 Å². The minimum absolute atomic E-state index is 0.170. The summed E-state index contributed by atoms with van der Waals surface area (Å²) in [4.78, 5) is 21.8. The lowest BCUT2D eigenvalue weighted by Crippen LogP contribution is -2.25. The van der Waals surface area contributed by atoms with Crippen molar-refractivity contribution in [2.45, 2.75) is 13.0 Å². The molecule has 4 rings (SSSR count). The van der Waals surface area contributed by atoms with Crippen LogP contribution in [0.4, 0.5) is 0 Å². The third kappa shape index (κ3) is 4.17. The molecule has 0 aliphatic rings. The second-order valence-corrected chi connectivity index (χ2v) is 6.52. The molecule has 8 heteroatoms. The maximum atomic E-state index is 12.9. The zero-order chi connectivity index (χ0) is 20.1. The molecule has 0 unspecified atom stereocenters. The number of aromatic nitrogens is 4. The van der Waals surface area contributed by atoms with E-state index in [2.05, 4.69) is 15.4 Å². The van der Waals surface area contributed by atoms with Crippen molar-refractivity contribution in [2.75, 3.05) is 20.3 Å². The maximum absolute atomic E-state index is 12.9. The molecule has 0 atom stereocenters. The fraction of sp³-hybridized carbons (Fsp3) is 0.238. The summed E-state index contributed by atoms with van der Waals surface area (Å²) in [5.41, 5.74) is 2.63. The van der Waals surface area contributed by atoms with Crippen LogP contribution in [0.25, 0.3) is 22.3 Å². The topological polar surface area (TPSA) is 95.1 Å². The van der Waals surface area contributed by atoms with Crippen LogP contribution in [0.1, 0.15) is 22.5 Å². The predicted molar refractivity (Wildman–Crippen MR) is 107 cm³/mol. The Morgan fingerprint density at radius 3 is 2.97 bits per heavy atom. The van der Waals surface area contributed by atoms with Gasteiger partial charge in [-0.3, -0.25) is 9.78 Å². The van der Waals surface area contributed by atoms with Gasteiger partial charge in [0.15, 0.2) is 5.65 Å². The number of hydrogen-bond acceptors (Lipinski definition) is 6. The number of nitrogens with one attached hydrogen (secondary N) is 1. The summed E-state index contributed by atoms with van der Waals surface area (Å²) in [7, 11) is 1.64. The average molecular weight is 391 g/mol. The molecule has 0 saturated carbocycles. The molecule has 29 heavy (non-hydrogen) atoms. The van der Waals surface area contributed by atoms with Gasteiger partial charge in [0, 0.05) is 38.2 Å². The van der Waals surface area contributed by atoms with Crippen molar-refractivity contribution in [2.24, 2.45) is 0 Å². The molecular weight excluding hydrogens is 370 g/mol. The van der Waals surface area contributed by atoms with Crippen molar-refractivity contribution in [1.29, 1.82) is 0 Å². The van der Waals surface area contributed by atoms with Crippen LogP contribution >= 0.6 is 0 Å². The van der Waals surface area contributed by atoms with E-state index >= 15 is 0 Å². The highest BCUT2D eigenvalue weighted by molar-refractivity contribution is 6.06. The number of fused-ring (bicyclic) bond motifs is 1. The second kappa shape index (κ2) is 8.66. The van der Waals surface area contributed by atoms with Crippen LogP contribution in [-0.4, -0.2) is 45.9 Å². The number of nitrogens with zero attached hydrogens (tertiary/aromatic N) is 4. The summed E-state index contributed by atoms with van der Waals surface area (Å²) < 4.78 is 12.2. The van der Waals surface area contributed by atoms with E-state index in [4.69, 9.17) is 14.1 Å². The van der Waals surface area contributed by atoms with Crippen LogP contribution in [-0.2, 0) is 11.3 Å². The molecule has 0 spiro atoms. The number of carbonyl (C=O) groups excluding carboxylic acids is 1. The van der Waals surface area contributed by atoms with Gasteiger partial charge >= 0.3 is 0 Å². The Balaban J connectivity index is 1.74. The van der Waals surface area contributed by atoms with Crippen molar-refractivity contribution < 1.29 is 13.9 Å². The fourth-order valence-corrected chi connectivity index (χ4v) is 3.08. The molecule has 0 aromatic carbocycles. The van der Waals surface area contributed by atoms with E-state index < -0.39 is 0 Å². The normalized spacial score (nSPS) is 11.1. The molecule has 1 amide bonds. The van der Waals surface area contributed by atoms with Gasteiger partial charge in [-0.25, -0.2) is 9.67 Å². The summed E-state index contributed by atoms with van der Waals surface area (Å²) in [5, 5.41) is 8.07. The van der Waals surface area contributed by atoms with Crippen molar-refractivity contribution in [3.8, 4) is 11.3 Å². The lowest BCUT2D eigenvalue weighted by atomic mass is 10.1. The highest BCUT2D eigenvalue weighted by Gasteiger charge is 2.18. The number of pyridine rings is 2. The third-order valence-corrected chi connectivity index (χ3v) is 4.51. The first kappa shape index (κ1) is 18.8. The van der Waals surface area contributed by atoms with Gasteiger partial charge in [-0.1, -0.05) is 0 Å². The van der Waals surface area contributed by atoms with Gasteiger partial charge < -0.3 is 14.5 Å². The fourth-order valence-electron chi connectivity index (χ4n) is 3.08. The molecule has 0 saturated heterocycles. The second-order valence-electron chi connectivity index (χ2n) is 6.52. The first-order chi connectivity index (χ1) is 14.3. The number of amides is 1. The maximum Gasteiger partial charge on any atom is 0.252 e. The van der Waals surface area contributed by atoms with Crippen LogP contribution in [0.3, 0.4) is 0 Å². The Bertz CT molecular complexity index is 1090. The minimum Gasteiger partial charge on any atom is -0.467 e. The number of furan rings is 1. The average Bonchev–Trinajstić information content (AvgIpc) is 3.41. The SMILES string of the molecule is COCCCNC(=O)c1cc(-c2cccnc2)nc2c1cnn2Cc1ccco1. The largest absolute Gasteiger partial charge is 0.467 e. The van der Waals surface area contributed by atoms with Crippen molar-refractivity contribution in [3.05, 3.63) is 66.5 Å². The Morgan fingerprint density at radius 1 is 1.28 bits per heavy atom. The van der Waals surface area contributed by atoms with E-state index in [1.54, 1.807) is 42.7 Å². The van der Waals surface area contributed by atoms with Gasteiger partial charge in [-0.05, 0) is 36.8 Å². The number of hydrogen-bond donors (Lipinski definition) is 1. The monoisotopic (exact) mass is 391 g/mol. The van der Waals surface area contributed by atoms with E-state index in [1.165, 1.54) is 0 Å². The molecule has 0 fully saturated rings. The molecule has 1 N–H and O–H groups in total. The highest BCUT2D eigenvalue weighted by atomic mass is 16.5. The molecule has 4 aromatic heterocycles. The zero-order valence-electron chi connectivity index (χ0n) is 16.0. The number of ether oxygens (including phenoxy) is 1. The molecule has 0 aliphatic carbocycles. The standard InChI is InChI=1S/C21H21N5O3/c1-28-9-4-8-23-21(27)17-11-19(15-5-2-7-22-12-15)25-20-18(17)13-24-26(20)14-16-6-3-10-29-16/h2-3,5-7,10-13H,4,8-9,14H2,1H3,(H,23,27). The quantitative estimate of drug-likeness (QED) is 0.464. The summed E-state index contributed by atoms with van der Waals surface area (Å²) in [6.07, 6.45) is 7.45. The van der Waals surface area contributed by atoms with Crippen molar-refractivity contribution in [3.63, 3.8) is 0 Å². The van der Waals surface area contributed by atoms with Gasteiger partial charge in [-0.15, -0.1) is 0 Å². The summed E-state index contributed by atoms with van der Waals surface area (Å²) in [5.74, 6) is 0.588. The molecule has 148 valence electrons. The molecule has 0 aliphatic heterocycles. The molecule has 4 heterocycles. The molecule has 0 bridgehead atoms. The molecule has 8 nitrogen and oxygen atoms in total. The number of carbonyl (C=O) groups is 1. The van der Waals surface area contributed by atoms with Crippen LogP contribution in [0.2, 0.25) is 0 Å². The van der Waals surface area contributed by atoms with E-state index in [1.807, 2.05) is 24.3 Å². The first-order valence-corrected chi connectivity index (χ1v) is 9.33. The van der Waals surface area contributed by atoms with Crippen LogP contribution in [0.5, 0.6) is 0 Å². The third-order valence-electron chi connectivity index (χ3n) is 4.51. The zero-order valence-corrected chi connectivity index (χ0v) is 16.0. The van der Waals surface area contributed by atoms with Gasteiger partial charge in [0.2, 0.25) is 0 Å². The van der Waals surface area contributed by atoms with Crippen LogP contribution in [0.15, 0.2) is 59.6 Å². The molecule has 0 radical (unpaired) electrons. The van der Waals surface area contributed by atoms with E-state index in [0.717, 1.165) is 17.7 Å². The lowest BCUT2D eigenvalue weighted by molar-refractivity contribution is 0.0950. The van der Waals surface area contributed by atoms with E-state index in [0.29, 0.717) is 42.0 Å². The van der Waals surface area contributed by atoms with E-state index in [-0.39, 0.29) is 5.91 Å². The molecule has 4 aromatic rings. The Hall–Kier alpha value is -3.52. The first-order valence-electron chi connectivity index (χ1n) is 9.33. The predicted octanol–water partition coefficient (Wildman–Crippen LogP) is 2.90. The van der Waals surface area contributed by atoms with Crippen LogP contribution in [0, 0.1) is 0 Å². The lowest BCUT2D eigenvalue weighted by Gasteiger charge is -2.09. The van der Waals surface area contributed by atoms with Gasteiger partial charge in [0.05, 0.1) is 29.1 Å². The smallest absolute Gasteiger partial charge is 0.252 e. The summed E-state index contributed by atoms with van der Waals surface area (Å²) in [6.45, 7) is 1.54.